The van der Waals surface area contributed by atoms with Gasteiger partial charge in [0.05, 0.1) is 25.0 Å². The maximum absolute atomic E-state index is 12.7. The van der Waals surface area contributed by atoms with Crippen molar-refractivity contribution in [2.45, 2.75) is 84.2 Å². The lowest BCUT2D eigenvalue weighted by Crippen LogP contribution is -2.24. The first-order chi connectivity index (χ1) is 21.5. The van der Waals surface area contributed by atoms with Crippen LogP contribution in [0.4, 0.5) is 10.9 Å². The van der Waals surface area contributed by atoms with Crippen molar-refractivity contribution in [1.29, 1.82) is 0 Å². The van der Waals surface area contributed by atoms with Crippen LogP contribution in [0.3, 0.4) is 0 Å². The van der Waals surface area contributed by atoms with Crippen LogP contribution >= 0.6 is 11.3 Å². The van der Waals surface area contributed by atoms with E-state index in [1.54, 1.807) is 6.07 Å². The number of rotatable bonds is 14. The highest BCUT2D eigenvalue weighted by Gasteiger charge is 2.20. The number of aromatic nitrogens is 4. The fraction of sp³-hybridized carbons (Fsp3) is 0.382. The van der Waals surface area contributed by atoms with Gasteiger partial charge in [-0.1, -0.05) is 72.9 Å². The van der Waals surface area contributed by atoms with E-state index in [1.807, 2.05) is 88.4 Å². The molecule has 0 fully saturated rings. The van der Waals surface area contributed by atoms with Crippen molar-refractivity contribution < 1.29 is 19.1 Å². The lowest BCUT2D eigenvalue weighted by atomic mass is 9.95. The number of amides is 2. The highest BCUT2D eigenvalue weighted by Crippen LogP contribution is 2.23. The van der Waals surface area contributed by atoms with Gasteiger partial charge in [0.25, 0.3) is 0 Å². The molecule has 2 aromatic heterocycles. The van der Waals surface area contributed by atoms with Crippen LogP contribution in [-0.4, -0.2) is 43.8 Å². The minimum absolute atomic E-state index is 0.0298. The second-order valence-corrected chi connectivity index (χ2v) is 13.1. The lowest BCUT2D eigenvalue weighted by molar-refractivity contribution is -0.155. The number of aryl methyl sites for hydroxylation is 2. The van der Waals surface area contributed by atoms with Gasteiger partial charge in [0.1, 0.15) is 10.6 Å². The molecule has 2 heterocycles. The quantitative estimate of drug-likeness (QED) is 0.126. The molecule has 0 saturated carbocycles. The molecule has 1 unspecified atom stereocenters. The van der Waals surface area contributed by atoms with Crippen molar-refractivity contribution in [3.8, 4) is 0 Å². The predicted molar refractivity (Wildman–Crippen MR) is 175 cm³/mol. The van der Waals surface area contributed by atoms with Crippen LogP contribution in [0.1, 0.15) is 80.3 Å². The number of anilines is 2. The average Bonchev–Trinajstić information content (AvgIpc) is 3.42. The third kappa shape index (κ3) is 11.8. The summed E-state index contributed by atoms with van der Waals surface area (Å²) in [5.41, 5.74) is 3.11. The van der Waals surface area contributed by atoms with Crippen LogP contribution in [0.2, 0.25) is 0 Å². The molecule has 0 spiro atoms. The molecule has 2 aromatic carbocycles. The second kappa shape index (κ2) is 16.0. The SMILES string of the molecule is CC(CC(=O)OC(C)(C)C)c1cccc(CC(=O)Nc2nnc(CCCCc3ccc(NC(=O)Cc4ccccc4)nn3)s2)c1. The summed E-state index contributed by atoms with van der Waals surface area (Å²) in [6.07, 6.45) is 4.02. The molecule has 2 amide bonds. The Morgan fingerprint density at radius 3 is 2.24 bits per heavy atom. The van der Waals surface area contributed by atoms with Gasteiger partial charge in [-0.2, -0.15) is 5.10 Å². The number of hydrogen-bond acceptors (Lipinski definition) is 9. The van der Waals surface area contributed by atoms with E-state index < -0.39 is 5.60 Å². The minimum Gasteiger partial charge on any atom is -0.460 e. The smallest absolute Gasteiger partial charge is 0.306 e. The molecule has 4 aromatic rings. The van der Waals surface area contributed by atoms with E-state index in [4.69, 9.17) is 4.74 Å². The number of ether oxygens (including phenoxy) is 1. The molecule has 0 radical (unpaired) electrons. The molecule has 0 aliphatic carbocycles. The molecular formula is C34H40N6O4S. The first-order valence-corrected chi connectivity index (χ1v) is 15.9. The van der Waals surface area contributed by atoms with Gasteiger partial charge in [-0.3, -0.25) is 14.4 Å². The molecule has 1 atom stereocenters. The maximum atomic E-state index is 12.7. The summed E-state index contributed by atoms with van der Waals surface area (Å²) in [6, 6.07) is 20.9. The van der Waals surface area contributed by atoms with Gasteiger partial charge < -0.3 is 15.4 Å². The number of carbonyl (C=O) groups excluding carboxylic acids is 3. The molecule has 2 N–H and O–H groups in total. The monoisotopic (exact) mass is 628 g/mol. The van der Waals surface area contributed by atoms with Gasteiger partial charge in [0.2, 0.25) is 16.9 Å². The standard InChI is InChI=1S/C34H40N6O4S/c1-23(19-32(43)44-34(2,3)4)26-14-10-13-25(20-26)22-30(42)36-33-40-39-31(45-33)16-9-8-15-27-17-18-28(38-37-27)35-29(41)21-24-11-6-5-7-12-24/h5-7,10-14,17-18,20,23H,8-9,15-16,19,21-22H2,1-4H3,(H,35,38,41)(H,36,40,42). The van der Waals surface area contributed by atoms with E-state index in [1.165, 1.54) is 11.3 Å². The number of nitrogens with one attached hydrogen (secondary N) is 2. The number of esters is 1. The summed E-state index contributed by atoms with van der Waals surface area (Å²) in [4.78, 5) is 37.2. The fourth-order valence-corrected chi connectivity index (χ4v) is 5.42. The van der Waals surface area contributed by atoms with Gasteiger partial charge in [0.15, 0.2) is 5.82 Å². The van der Waals surface area contributed by atoms with E-state index in [-0.39, 0.29) is 43.0 Å². The van der Waals surface area contributed by atoms with Gasteiger partial charge in [-0.25, -0.2) is 0 Å². The summed E-state index contributed by atoms with van der Waals surface area (Å²) in [5, 5.41) is 23.7. The van der Waals surface area contributed by atoms with Gasteiger partial charge in [-0.15, -0.1) is 15.3 Å². The van der Waals surface area contributed by atoms with Crippen LogP contribution in [0.15, 0.2) is 66.7 Å². The Balaban J connectivity index is 1.16. The normalized spacial score (nSPS) is 11.9. The summed E-state index contributed by atoms with van der Waals surface area (Å²) >= 11 is 1.37. The number of nitrogens with zero attached hydrogens (tertiary/aromatic N) is 4. The molecule has 0 aliphatic heterocycles. The Hall–Kier alpha value is -4.51. The van der Waals surface area contributed by atoms with Crippen LogP contribution in [0.25, 0.3) is 0 Å². The average molecular weight is 629 g/mol. The van der Waals surface area contributed by atoms with Crippen molar-refractivity contribution >= 4 is 40.1 Å². The van der Waals surface area contributed by atoms with Crippen molar-refractivity contribution in [3.63, 3.8) is 0 Å². The van der Waals surface area contributed by atoms with Gasteiger partial charge >= 0.3 is 5.97 Å². The molecule has 236 valence electrons. The number of hydrogen-bond donors (Lipinski definition) is 2. The molecule has 10 nitrogen and oxygen atoms in total. The van der Waals surface area contributed by atoms with Crippen LogP contribution in [-0.2, 0) is 44.8 Å². The highest BCUT2D eigenvalue weighted by molar-refractivity contribution is 7.15. The molecule has 0 aliphatic rings. The molecule has 11 heteroatoms. The zero-order valence-corrected chi connectivity index (χ0v) is 27.0. The Labute approximate surface area is 268 Å². The van der Waals surface area contributed by atoms with Crippen LogP contribution in [0, 0.1) is 0 Å². The maximum Gasteiger partial charge on any atom is 0.306 e. The molecule has 0 bridgehead atoms. The second-order valence-electron chi connectivity index (χ2n) is 12.0. The van der Waals surface area contributed by atoms with Crippen LogP contribution < -0.4 is 10.6 Å². The highest BCUT2D eigenvalue weighted by atomic mass is 32.1. The summed E-state index contributed by atoms with van der Waals surface area (Å²) in [7, 11) is 0. The van der Waals surface area contributed by atoms with Gasteiger partial charge in [-0.05, 0) is 74.8 Å². The predicted octanol–water partition coefficient (Wildman–Crippen LogP) is 6.09. The van der Waals surface area contributed by atoms with E-state index in [0.29, 0.717) is 10.9 Å². The zero-order valence-electron chi connectivity index (χ0n) is 26.2. The van der Waals surface area contributed by atoms with Crippen molar-refractivity contribution in [2.24, 2.45) is 0 Å². The first kappa shape index (κ1) is 33.4. The Morgan fingerprint density at radius 2 is 1.51 bits per heavy atom. The third-order valence-corrected chi connectivity index (χ3v) is 7.66. The summed E-state index contributed by atoms with van der Waals surface area (Å²) < 4.78 is 5.44. The Bertz CT molecular complexity index is 1570. The Kier molecular flexibility index (Phi) is 11.9. The third-order valence-electron chi connectivity index (χ3n) is 6.76. The molecule has 45 heavy (non-hydrogen) atoms. The van der Waals surface area contributed by atoms with E-state index in [0.717, 1.165) is 53.1 Å². The van der Waals surface area contributed by atoms with E-state index in [2.05, 4.69) is 31.0 Å². The number of benzene rings is 2. The first-order valence-electron chi connectivity index (χ1n) is 15.1. The topological polar surface area (TPSA) is 136 Å². The minimum atomic E-state index is -0.519. The largest absolute Gasteiger partial charge is 0.460 e. The van der Waals surface area contributed by atoms with Crippen molar-refractivity contribution in [3.05, 3.63) is 94.1 Å². The van der Waals surface area contributed by atoms with E-state index >= 15 is 0 Å². The fourth-order valence-electron chi connectivity index (χ4n) is 4.63. The molecule has 0 saturated heterocycles. The zero-order chi connectivity index (χ0) is 32.2. The molecule has 4 rings (SSSR count). The Morgan fingerprint density at radius 1 is 0.800 bits per heavy atom. The summed E-state index contributed by atoms with van der Waals surface area (Å²) in [6.45, 7) is 7.53. The van der Waals surface area contributed by atoms with Crippen molar-refractivity contribution in [2.75, 3.05) is 10.6 Å². The van der Waals surface area contributed by atoms with Crippen LogP contribution in [0.5, 0.6) is 0 Å². The summed E-state index contributed by atoms with van der Waals surface area (Å²) in [5.74, 6) is -0.143. The van der Waals surface area contributed by atoms with Gasteiger partial charge in [0, 0.05) is 6.42 Å². The molecular weight excluding hydrogens is 588 g/mol. The number of unbranched alkanes of at least 4 members (excludes halogenated alkanes) is 1. The lowest BCUT2D eigenvalue weighted by Gasteiger charge is -2.21. The van der Waals surface area contributed by atoms with E-state index in [9.17, 15) is 14.4 Å². The number of carbonyl (C=O) groups is 3. The van der Waals surface area contributed by atoms with Crippen molar-refractivity contribution in [1.82, 2.24) is 20.4 Å².